The summed E-state index contributed by atoms with van der Waals surface area (Å²) in [5, 5.41) is 0. The number of halogens is 1. The Bertz CT molecular complexity index is 1050. The molecule has 3 rings (SSSR count). The Balaban J connectivity index is 0.000000712. The number of nitrogen functional groups attached to an aromatic ring is 1. The molecular formula is C30H50ClN5OS2. The molecule has 6 N–H and O–H groups in total. The van der Waals surface area contributed by atoms with Gasteiger partial charge in [-0.3, -0.25) is 4.66 Å². The van der Waals surface area contributed by atoms with Crippen molar-refractivity contribution < 1.29 is 4.66 Å². The first-order chi connectivity index (χ1) is 18.1. The number of rotatable bonds is 11. The Kier molecular flexibility index (Phi) is 19.3. The van der Waals surface area contributed by atoms with Crippen LogP contribution in [0.4, 0.5) is 5.82 Å². The van der Waals surface area contributed by atoms with Gasteiger partial charge in [-0.2, -0.15) is 23.5 Å². The molecule has 0 aliphatic heterocycles. The summed E-state index contributed by atoms with van der Waals surface area (Å²) in [6, 6.07) is 12.8. The number of nitrogens with two attached hydrogens (primary N) is 1. The van der Waals surface area contributed by atoms with Gasteiger partial charge in [-0.05, 0) is 137 Å². The van der Waals surface area contributed by atoms with E-state index in [1.54, 1.807) is 0 Å². The van der Waals surface area contributed by atoms with Crippen LogP contribution in [0.5, 0.6) is 0 Å². The van der Waals surface area contributed by atoms with E-state index in [-0.39, 0.29) is 6.15 Å². The van der Waals surface area contributed by atoms with Crippen LogP contribution in [0.3, 0.4) is 0 Å². The molecule has 220 valence electrons. The maximum atomic E-state index is 6.47. The predicted octanol–water partition coefficient (Wildman–Crippen LogP) is 7.93. The monoisotopic (exact) mass is 595 g/mol. The Labute approximate surface area is 250 Å². The van der Waals surface area contributed by atoms with E-state index in [1.165, 1.54) is 52.6 Å². The van der Waals surface area contributed by atoms with Gasteiger partial charge in [0.25, 0.3) is 0 Å². The third-order valence-electron chi connectivity index (χ3n) is 6.30. The van der Waals surface area contributed by atoms with E-state index in [9.17, 15) is 0 Å². The van der Waals surface area contributed by atoms with E-state index in [0.29, 0.717) is 17.7 Å². The minimum absolute atomic E-state index is 0. The Hall–Kier alpha value is -1.71. The molecule has 0 aliphatic rings. The quantitative estimate of drug-likeness (QED) is 0.206. The Morgan fingerprint density at radius 2 is 1.23 bits per heavy atom. The van der Waals surface area contributed by atoms with Crippen LogP contribution in [-0.2, 0) is 12.8 Å². The van der Waals surface area contributed by atoms with Crippen LogP contribution >= 0.6 is 35.4 Å². The van der Waals surface area contributed by atoms with Crippen molar-refractivity contribution in [1.82, 2.24) is 20.7 Å². The van der Waals surface area contributed by atoms with Crippen LogP contribution in [-0.4, -0.2) is 43.2 Å². The van der Waals surface area contributed by atoms with Crippen LogP contribution in [0.25, 0.3) is 5.82 Å². The van der Waals surface area contributed by atoms with Crippen molar-refractivity contribution in [2.24, 2.45) is 11.8 Å². The highest BCUT2D eigenvalue weighted by atomic mass is 35.5. The first kappa shape index (κ1) is 37.3. The maximum absolute atomic E-state index is 6.47. The number of anilines is 1. The molecule has 0 saturated heterocycles. The number of aromatic nitrogens is 3. The third-order valence-corrected chi connectivity index (χ3v) is 7.58. The summed E-state index contributed by atoms with van der Waals surface area (Å²) >= 11 is 7.46. The number of hydrogen-bond donors (Lipinski definition) is 3. The molecular weight excluding hydrogens is 546 g/mol. The molecule has 6 nitrogen and oxygen atoms in total. The van der Waals surface area contributed by atoms with Gasteiger partial charge in [-0.15, -0.1) is 0 Å². The zero-order valence-corrected chi connectivity index (χ0v) is 27.5. The van der Waals surface area contributed by atoms with E-state index in [1.807, 2.05) is 29.6 Å². The van der Waals surface area contributed by atoms with Crippen LogP contribution < -0.4 is 11.9 Å². The second-order valence-corrected chi connectivity index (χ2v) is 12.2. The minimum Gasteiger partial charge on any atom is -0.384 e. The third kappa shape index (κ3) is 14.0. The van der Waals surface area contributed by atoms with Gasteiger partial charge >= 0.3 is 0 Å². The van der Waals surface area contributed by atoms with Crippen molar-refractivity contribution in [2.45, 2.75) is 67.2 Å². The molecule has 2 unspecified atom stereocenters. The van der Waals surface area contributed by atoms with E-state index in [0.717, 1.165) is 24.4 Å². The molecule has 0 amide bonds. The molecule has 0 fully saturated rings. The molecule has 3 aromatic rings. The fraction of sp³-hybridized carbons (Fsp3) is 0.533. The molecule has 9 heteroatoms. The molecule has 0 spiro atoms. The topological polar surface area (TPSA) is 112 Å². The number of hydrogen-bond acceptors (Lipinski definition) is 7. The second-order valence-electron chi connectivity index (χ2n) is 10.2. The average molecular weight is 596 g/mol. The lowest BCUT2D eigenvalue weighted by molar-refractivity contribution is 0.556. The summed E-state index contributed by atoms with van der Waals surface area (Å²) in [4.78, 5) is 9.25. The molecule has 39 heavy (non-hydrogen) atoms. The predicted molar refractivity (Wildman–Crippen MR) is 176 cm³/mol. The highest BCUT2D eigenvalue weighted by molar-refractivity contribution is 7.98. The van der Waals surface area contributed by atoms with Gasteiger partial charge in [0.15, 0.2) is 0 Å². The molecule has 3 heterocycles. The molecule has 2 atom stereocenters. The summed E-state index contributed by atoms with van der Waals surface area (Å²) < 4.78 is 8.71. The minimum atomic E-state index is 0. The number of pyridine rings is 2. The van der Waals surface area contributed by atoms with E-state index in [4.69, 9.17) is 15.4 Å². The SMILES string of the molecule is CSCCC(C)Cc1cc(C)cc(-n2c(C)ccc2C)n1.CSCCC(C)Cc1cc(C)cc(N)n1.N.OCl. The van der Waals surface area contributed by atoms with Crippen LogP contribution in [0.1, 0.15) is 60.6 Å². The zero-order chi connectivity index (χ0) is 28.7. The normalized spacial score (nSPS) is 11.8. The lowest BCUT2D eigenvalue weighted by Gasteiger charge is -2.14. The van der Waals surface area contributed by atoms with Crippen molar-refractivity contribution in [3.05, 3.63) is 70.3 Å². The summed E-state index contributed by atoms with van der Waals surface area (Å²) in [7, 11) is 0. The number of nitrogens with zero attached hydrogens (tertiary/aromatic N) is 3. The zero-order valence-electron chi connectivity index (χ0n) is 25.1. The maximum Gasteiger partial charge on any atom is 0.137 e. The van der Waals surface area contributed by atoms with Crippen molar-refractivity contribution in [2.75, 3.05) is 29.8 Å². The van der Waals surface area contributed by atoms with Gasteiger partial charge in [-0.25, -0.2) is 9.97 Å². The first-order valence-electron chi connectivity index (χ1n) is 13.1. The molecule has 0 radical (unpaired) electrons. The molecule has 0 aliphatic carbocycles. The Morgan fingerprint density at radius 1 is 0.795 bits per heavy atom. The number of aryl methyl sites for hydroxylation is 4. The van der Waals surface area contributed by atoms with Gasteiger partial charge < -0.3 is 16.5 Å². The van der Waals surface area contributed by atoms with Crippen molar-refractivity contribution in [1.29, 1.82) is 0 Å². The fourth-order valence-corrected chi connectivity index (χ4v) is 5.67. The highest BCUT2D eigenvalue weighted by Crippen LogP contribution is 2.19. The average Bonchev–Trinajstić information content (AvgIpc) is 3.19. The van der Waals surface area contributed by atoms with E-state index < -0.39 is 0 Å². The standard InChI is InChI=1S/C18H26N2S.C12H20N2S.ClHO.H3N/c1-13(8-9-21-5)10-17-11-14(2)12-18(19-17)20-15(3)6-7-16(20)4;1-9(4-5-15-3)6-11-7-10(2)8-12(13)14-11;1-2;/h6-7,11-13H,8-10H2,1-5H3;7-9H,4-6H2,1-3H3,(H2,13,14);2H;1H3. The van der Waals surface area contributed by atoms with Crippen molar-refractivity contribution in [3.8, 4) is 5.82 Å². The molecule has 0 aromatic carbocycles. The lowest BCUT2D eigenvalue weighted by atomic mass is 10.0. The van der Waals surface area contributed by atoms with Gasteiger partial charge in [0, 0.05) is 22.8 Å². The largest absolute Gasteiger partial charge is 0.384 e. The summed E-state index contributed by atoms with van der Waals surface area (Å²) in [6.07, 6.45) is 8.92. The fourth-order valence-electron chi connectivity index (χ4n) is 4.40. The Morgan fingerprint density at radius 3 is 1.67 bits per heavy atom. The number of thioether (sulfide) groups is 2. The summed E-state index contributed by atoms with van der Waals surface area (Å²) in [5.74, 6) is 5.53. The van der Waals surface area contributed by atoms with Crippen LogP contribution in [0, 0.1) is 39.5 Å². The van der Waals surface area contributed by atoms with Crippen LogP contribution in [0.15, 0.2) is 36.4 Å². The summed E-state index contributed by atoms with van der Waals surface area (Å²) in [5.41, 5.74) is 13.0. The van der Waals surface area contributed by atoms with Gasteiger partial charge in [0.1, 0.15) is 11.6 Å². The smallest absolute Gasteiger partial charge is 0.137 e. The molecule has 0 bridgehead atoms. The van der Waals surface area contributed by atoms with Crippen molar-refractivity contribution >= 4 is 41.2 Å². The van der Waals surface area contributed by atoms with Crippen molar-refractivity contribution in [3.63, 3.8) is 0 Å². The van der Waals surface area contributed by atoms with E-state index in [2.05, 4.69) is 106 Å². The van der Waals surface area contributed by atoms with E-state index >= 15 is 0 Å². The van der Waals surface area contributed by atoms with Gasteiger partial charge in [0.2, 0.25) is 0 Å². The lowest BCUT2D eigenvalue weighted by Crippen LogP contribution is -2.08. The first-order valence-corrected chi connectivity index (χ1v) is 16.3. The highest BCUT2D eigenvalue weighted by Gasteiger charge is 2.10. The van der Waals surface area contributed by atoms with Gasteiger partial charge in [0.05, 0.1) is 11.9 Å². The van der Waals surface area contributed by atoms with Crippen LogP contribution in [0.2, 0.25) is 0 Å². The van der Waals surface area contributed by atoms with Gasteiger partial charge in [-0.1, -0.05) is 13.8 Å². The second kappa shape index (κ2) is 20.2. The molecule has 3 aromatic heterocycles. The summed E-state index contributed by atoms with van der Waals surface area (Å²) in [6.45, 7) is 13.1. The molecule has 0 saturated carbocycles.